The van der Waals surface area contributed by atoms with Gasteiger partial charge in [-0.15, -0.1) is 0 Å². The third-order valence-electron chi connectivity index (χ3n) is 4.40. The summed E-state index contributed by atoms with van der Waals surface area (Å²) in [6.07, 6.45) is 6.76. The molecule has 0 heterocycles. The van der Waals surface area contributed by atoms with E-state index in [1.54, 1.807) is 36.4 Å². The highest BCUT2D eigenvalue weighted by molar-refractivity contribution is 6.31. The number of benzene rings is 2. The van der Waals surface area contributed by atoms with E-state index in [9.17, 15) is 9.59 Å². The van der Waals surface area contributed by atoms with Gasteiger partial charge < -0.3 is 9.47 Å². The number of halogens is 1. The molecule has 0 aliphatic carbocycles. The van der Waals surface area contributed by atoms with Crippen molar-refractivity contribution in [3.05, 3.63) is 64.2 Å². The van der Waals surface area contributed by atoms with Gasteiger partial charge in [0.05, 0.1) is 17.7 Å². The molecule has 2 aromatic rings. The number of unbranched alkanes of at least 4 members (excludes halogenated alkanes) is 5. The molecule has 0 N–H and O–H groups in total. The smallest absolute Gasteiger partial charge is 0.343 e. The third-order valence-corrected chi connectivity index (χ3v) is 4.83. The Bertz CT molecular complexity index is 801. The number of carbonyl (C=O) groups excluding carboxylic acids is 2. The van der Waals surface area contributed by atoms with Crippen molar-refractivity contribution >= 4 is 23.5 Å². The molecule has 2 aromatic carbocycles. The van der Waals surface area contributed by atoms with Gasteiger partial charge in [0, 0.05) is 5.02 Å². The largest absolute Gasteiger partial charge is 0.462 e. The van der Waals surface area contributed by atoms with Crippen molar-refractivity contribution in [1.82, 2.24) is 0 Å². The monoisotopic (exact) mass is 402 g/mol. The van der Waals surface area contributed by atoms with Crippen LogP contribution >= 0.6 is 11.6 Å². The SMILES string of the molecule is CCCCCCCCOC(=O)c1cccc(C(=O)Oc2ccc(Cl)c(C)c2)c1. The molecule has 0 aliphatic heterocycles. The standard InChI is InChI=1S/C23H27ClO4/c1-3-4-5-6-7-8-14-27-22(25)18-10-9-11-19(16-18)23(26)28-20-12-13-21(24)17(2)15-20/h9-13,15-16H,3-8,14H2,1-2H3. The van der Waals surface area contributed by atoms with Gasteiger partial charge in [-0.3, -0.25) is 0 Å². The van der Waals surface area contributed by atoms with Gasteiger partial charge in [-0.2, -0.15) is 0 Å². The first-order chi connectivity index (χ1) is 13.5. The molecule has 0 bridgehead atoms. The molecule has 28 heavy (non-hydrogen) atoms. The van der Waals surface area contributed by atoms with E-state index in [4.69, 9.17) is 21.1 Å². The van der Waals surface area contributed by atoms with Crippen LogP contribution in [-0.4, -0.2) is 18.5 Å². The van der Waals surface area contributed by atoms with Crippen LogP contribution in [0.25, 0.3) is 0 Å². The van der Waals surface area contributed by atoms with Crippen molar-refractivity contribution in [3.63, 3.8) is 0 Å². The molecular weight excluding hydrogens is 376 g/mol. The third kappa shape index (κ3) is 7.01. The normalized spacial score (nSPS) is 10.5. The lowest BCUT2D eigenvalue weighted by Crippen LogP contribution is -2.11. The molecule has 0 atom stereocenters. The molecule has 0 amide bonds. The number of ether oxygens (including phenoxy) is 2. The van der Waals surface area contributed by atoms with Crippen LogP contribution in [-0.2, 0) is 4.74 Å². The van der Waals surface area contributed by atoms with Gasteiger partial charge in [0.15, 0.2) is 0 Å². The van der Waals surface area contributed by atoms with Gasteiger partial charge in [-0.05, 0) is 55.3 Å². The van der Waals surface area contributed by atoms with Crippen molar-refractivity contribution in [2.45, 2.75) is 52.4 Å². The predicted molar refractivity (Wildman–Crippen MR) is 111 cm³/mol. The minimum absolute atomic E-state index is 0.293. The first-order valence-electron chi connectivity index (χ1n) is 9.76. The van der Waals surface area contributed by atoms with Gasteiger partial charge in [-0.1, -0.05) is 56.7 Å². The molecule has 150 valence electrons. The van der Waals surface area contributed by atoms with Crippen LogP contribution in [0.4, 0.5) is 0 Å². The van der Waals surface area contributed by atoms with Gasteiger partial charge in [-0.25, -0.2) is 9.59 Å². The first-order valence-corrected chi connectivity index (χ1v) is 10.1. The minimum Gasteiger partial charge on any atom is -0.462 e. The molecule has 0 unspecified atom stereocenters. The number of esters is 2. The lowest BCUT2D eigenvalue weighted by Gasteiger charge is -2.08. The Balaban J connectivity index is 1.87. The summed E-state index contributed by atoms with van der Waals surface area (Å²) in [5, 5.41) is 0.606. The molecule has 5 heteroatoms. The molecule has 0 saturated heterocycles. The Hall–Kier alpha value is -2.33. The number of hydrogen-bond acceptors (Lipinski definition) is 4. The molecule has 0 radical (unpaired) electrons. The summed E-state index contributed by atoms with van der Waals surface area (Å²) in [7, 11) is 0. The Morgan fingerprint density at radius 1 is 0.893 bits per heavy atom. The van der Waals surface area contributed by atoms with E-state index in [0.717, 1.165) is 24.8 Å². The summed E-state index contributed by atoms with van der Waals surface area (Å²) in [5.41, 5.74) is 1.45. The predicted octanol–water partition coefficient (Wildman–Crippen LogP) is 6.38. The van der Waals surface area contributed by atoms with Crippen LogP contribution in [0.15, 0.2) is 42.5 Å². The van der Waals surface area contributed by atoms with Crippen LogP contribution in [0.2, 0.25) is 5.02 Å². The summed E-state index contributed by atoms with van der Waals surface area (Å²) in [5.74, 6) is -0.555. The zero-order valence-corrected chi connectivity index (χ0v) is 17.3. The molecular formula is C23H27ClO4. The van der Waals surface area contributed by atoms with E-state index in [-0.39, 0.29) is 0 Å². The van der Waals surface area contributed by atoms with E-state index in [0.29, 0.717) is 28.5 Å². The number of carbonyl (C=O) groups is 2. The van der Waals surface area contributed by atoms with Crippen LogP contribution in [0.1, 0.15) is 71.7 Å². The van der Waals surface area contributed by atoms with Crippen LogP contribution < -0.4 is 4.74 Å². The van der Waals surface area contributed by atoms with Crippen molar-refractivity contribution < 1.29 is 19.1 Å². The fourth-order valence-corrected chi connectivity index (χ4v) is 2.87. The van der Waals surface area contributed by atoms with Crippen molar-refractivity contribution in [3.8, 4) is 5.75 Å². The second kappa shape index (κ2) is 11.5. The summed E-state index contributed by atoms with van der Waals surface area (Å²) in [4.78, 5) is 24.6. The zero-order chi connectivity index (χ0) is 20.4. The minimum atomic E-state index is -0.535. The fourth-order valence-electron chi connectivity index (χ4n) is 2.75. The summed E-state index contributed by atoms with van der Waals surface area (Å²) < 4.78 is 10.7. The lowest BCUT2D eigenvalue weighted by molar-refractivity contribution is 0.0497. The maximum atomic E-state index is 12.4. The van der Waals surface area contributed by atoms with Crippen LogP contribution in [0.5, 0.6) is 5.75 Å². The Morgan fingerprint density at radius 3 is 2.29 bits per heavy atom. The van der Waals surface area contributed by atoms with Gasteiger partial charge in [0.1, 0.15) is 5.75 Å². The maximum absolute atomic E-state index is 12.4. The van der Waals surface area contributed by atoms with E-state index in [2.05, 4.69) is 6.92 Å². The highest BCUT2D eigenvalue weighted by atomic mass is 35.5. The van der Waals surface area contributed by atoms with Crippen LogP contribution in [0.3, 0.4) is 0 Å². The van der Waals surface area contributed by atoms with Gasteiger partial charge >= 0.3 is 11.9 Å². The van der Waals surface area contributed by atoms with Crippen molar-refractivity contribution in [1.29, 1.82) is 0 Å². The van der Waals surface area contributed by atoms with Crippen molar-refractivity contribution in [2.75, 3.05) is 6.61 Å². The zero-order valence-electron chi connectivity index (χ0n) is 16.5. The number of aryl methyl sites for hydroxylation is 1. The summed E-state index contributed by atoms with van der Waals surface area (Å²) in [6.45, 7) is 4.41. The summed E-state index contributed by atoms with van der Waals surface area (Å²) in [6, 6.07) is 11.4. The van der Waals surface area contributed by atoms with E-state index >= 15 is 0 Å². The Morgan fingerprint density at radius 2 is 1.57 bits per heavy atom. The second-order valence-corrected chi connectivity index (χ2v) is 7.19. The van der Waals surface area contributed by atoms with E-state index < -0.39 is 11.9 Å². The molecule has 0 saturated carbocycles. The molecule has 4 nitrogen and oxygen atoms in total. The van der Waals surface area contributed by atoms with E-state index in [1.165, 1.54) is 25.3 Å². The highest BCUT2D eigenvalue weighted by Crippen LogP contribution is 2.22. The molecule has 0 aliphatic rings. The summed E-state index contributed by atoms with van der Waals surface area (Å²) >= 11 is 5.98. The highest BCUT2D eigenvalue weighted by Gasteiger charge is 2.13. The lowest BCUT2D eigenvalue weighted by atomic mass is 10.1. The van der Waals surface area contributed by atoms with E-state index in [1.807, 2.05) is 6.92 Å². The van der Waals surface area contributed by atoms with Gasteiger partial charge in [0.2, 0.25) is 0 Å². The molecule has 0 aromatic heterocycles. The Labute approximate surface area is 171 Å². The Kier molecular flexibility index (Phi) is 9.02. The first kappa shape index (κ1) is 22.0. The number of hydrogen-bond donors (Lipinski definition) is 0. The number of rotatable bonds is 10. The molecule has 0 spiro atoms. The second-order valence-electron chi connectivity index (χ2n) is 6.79. The van der Waals surface area contributed by atoms with Gasteiger partial charge in [0.25, 0.3) is 0 Å². The molecule has 2 rings (SSSR count). The quantitative estimate of drug-likeness (QED) is 0.262. The fraction of sp³-hybridized carbons (Fsp3) is 0.391. The topological polar surface area (TPSA) is 52.6 Å². The molecule has 0 fully saturated rings. The van der Waals surface area contributed by atoms with Crippen LogP contribution in [0, 0.1) is 6.92 Å². The van der Waals surface area contributed by atoms with Crippen molar-refractivity contribution in [2.24, 2.45) is 0 Å². The average Bonchev–Trinajstić information content (AvgIpc) is 2.70. The average molecular weight is 403 g/mol. The maximum Gasteiger partial charge on any atom is 0.343 e.